The van der Waals surface area contributed by atoms with Crippen LogP contribution in [-0.2, 0) is 38.3 Å². The molecule has 240 valence electrons. The first-order chi connectivity index (χ1) is 19.6. The van der Waals surface area contributed by atoms with Gasteiger partial charge in [-0.3, -0.25) is 9.35 Å². The summed E-state index contributed by atoms with van der Waals surface area (Å²) in [5, 5.41) is 29.9. The molecule has 0 radical (unpaired) electrons. The van der Waals surface area contributed by atoms with Crippen LogP contribution in [0.25, 0.3) is 0 Å². The first kappa shape index (κ1) is 37.6. The molecule has 1 fully saturated rings. The SMILES string of the molecule is CCCC/C=C\C/C=C\CCCCCCCCOCC(COC1OC(CO)C(O)C(OS(=O)(=O)O)C1O)OC(C)=O. The third kappa shape index (κ3) is 18.0. The average Bonchev–Trinajstić information content (AvgIpc) is 2.91. The minimum atomic E-state index is -5.03. The Morgan fingerprint density at radius 2 is 1.56 bits per heavy atom. The minimum Gasteiger partial charge on any atom is -0.458 e. The maximum atomic E-state index is 11.5. The van der Waals surface area contributed by atoms with E-state index in [-0.39, 0.29) is 13.2 Å². The fraction of sp³-hybridized carbons (Fsp3) is 0.821. The van der Waals surface area contributed by atoms with E-state index in [0.717, 1.165) is 44.9 Å². The molecule has 0 aromatic carbocycles. The highest BCUT2D eigenvalue weighted by Gasteiger charge is 2.47. The molecule has 12 nitrogen and oxygen atoms in total. The van der Waals surface area contributed by atoms with Crippen molar-refractivity contribution in [2.45, 2.75) is 121 Å². The molecule has 1 heterocycles. The van der Waals surface area contributed by atoms with Crippen LogP contribution in [0.2, 0.25) is 0 Å². The number of esters is 1. The summed E-state index contributed by atoms with van der Waals surface area (Å²) in [4.78, 5) is 11.5. The number of allylic oxidation sites excluding steroid dienone is 4. The van der Waals surface area contributed by atoms with E-state index in [0.29, 0.717) is 6.61 Å². The molecular formula is C28H50O12S. The first-order valence-electron chi connectivity index (χ1n) is 14.5. The van der Waals surface area contributed by atoms with E-state index in [1.54, 1.807) is 0 Å². The number of carbonyl (C=O) groups excluding carboxylic acids is 1. The number of unbranched alkanes of at least 4 members (excludes halogenated alkanes) is 8. The Morgan fingerprint density at radius 3 is 2.17 bits per heavy atom. The monoisotopic (exact) mass is 610 g/mol. The van der Waals surface area contributed by atoms with Gasteiger partial charge < -0.3 is 34.3 Å². The molecular weight excluding hydrogens is 560 g/mol. The Labute approximate surface area is 244 Å². The number of rotatable bonds is 23. The van der Waals surface area contributed by atoms with Crippen molar-refractivity contribution in [3.8, 4) is 0 Å². The van der Waals surface area contributed by atoms with E-state index < -0.39 is 59.8 Å². The van der Waals surface area contributed by atoms with E-state index >= 15 is 0 Å². The molecule has 1 aliphatic rings. The Bertz CT molecular complexity index is 847. The second kappa shape index (κ2) is 22.2. The van der Waals surface area contributed by atoms with Gasteiger partial charge in [-0.2, -0.15) is 8.42 Å². The van der Waals surface area contributed by atoms with Gasteiger partial charge in [0, 0.05) is 13.5 Å². The standard InChI is InChI=1S/C28H50O12S/c1-3-4-5-6-7-8-9-10-11-12-13-14-15-16-17-18-36-20-23(38-22(2)30)21-37-28-26(32)27(40-41(33,34)35)25(31)24(19-29)39-28/h6-7,9-10,23-29,31-32H,3-5,8,11-21H2,1-2H3,(H,33,34,35)/b7-6-,10-9-. The number of hydrogen-bond acceptors (Lipinski definition) is 11. The summed E-state index contributed by atoms with van der Waals surface area (Å²) in [5.41, 5.74) is 0. The van der Waals surface area contributed by atoms with Crippen LogP contribution in [-0.4, -0.2) is 97.5 Å². The van der Waals surface area contributed by atoms with Gasteiger partial charge in [0.1, 0.15) is 30.5 Å². The molecule has 0 saturated carbocycles. The number of carbonyl (C=O) groups is 1. The summed E-state index contributed by atoms with van der Waals surface area (Å²) in [6, 6.07) is 0. The topological polar surface area (TPSA) is 178 Å². The fourth-order valence-corrected chi connectivity index (χ4v) is 4.72. The van der Waals surface area contributed by atoms with Gasteiger partial charge in [0.25, 0.3) is 0 Å². The predicted molar refractivity (Wildman–Crippen MR) is 151 cm³/mol. The molecule has 4 N–H and O–H groups in total. The second-order valence-corrected chi connectivity index (χ2v) is 11.1. The Balaban J connectivity index is 2.28. The number of aliphatic hydroxyl groups is 3. The first-order valence-corrected chi connectivity index (χ1v) is 15.9. The predicted octanol–water partition coefficient (Wildman–Crippen LogP) is 3.00. The lowest BCUT2D eigenvalue weighted by atomic mass is 9.99. The van der Waals surface area contributed by atoms with E-state index in [1.165, 1.54) is 32.6 Å². The highest BCUT2D eigenvalue weighted by molar-refractivity contribution is 7.80. The Kier molecular flexibility index (Phi) is 20.3. The number of hydrogen-bond donors (Lipinski definition) is 4. The van der Waals surface area contributed by atoms with Crippen LogP contribution in [0, 0.1) is 0 Å². The molecule has 0 aliphatic carbocycles. The summed E-state index contributed by atoms with van der Waals surface area (Å²) in [5.74, 6) is -0.582. The summed E-state index contributed by atoms with van der Waals surface area (Å²) in [7, 11) is -5.03. The Hall–Kier alpha value is -1.42. The molecule has 1 saturated heterocycles. The van der Waals surface area contributed by atoms with Gasteiger partial charge in [-0.25, -0.2) is 4.18 Å². The lowest BCUT2D eigenvalue weighted by molar-refractivity contribution is -0.301. The minimum absolute atomic E-state index is 0.0134. The zero-order valence-electron chi connectivity index (χ0n) is 24.3. The third-order valence-electron chi connectivity index (χ3n) is 6.38. The van der Waals surface area contributed by atoms with Gasteiger partial charge in [0.15, 0.2) is 6.29 Å². The van der Waals surface area contributed by atoms with Crippen LogP contribution in [0.5, 0.6) is 0 Å². The van der Waals surface area contributed by atoms with Gasteiger partial charge in [0.2, 0.25) is 0 Å². The normalized spacial score (nSPS) is 24.3. The molecule has 0 spiro atoms. The molecule has 6 unspecified atom stereocenters. The van der Waals surface area contributed by atoms with Gasteiger partial charge >= 0.3 is 16.4 Å². The summed E-state index contributed by atoms with van der Waals surface area (Å²) in [6.45, 7) is 2.84. The van der Waals surface area contributed by atoms with Crippen molar-refractivity contribution in [2.75, 3.05) is 26.4 Å². The number of ether oxygens (including phenoxy) is 4. The van der Waals surface area contributed by atoms with Crippen LogP contribution < -0.4 is 0 Å². The lowest BCUT2D eigenvalue weighted by Crippen LogP contribution is -2.60. The largest absolute Gasteiger partial charge is 0.458 e. The molecule has 0 amide bonds. The van der Waals surface area contributed by atoms with Crippen molar-refractivity contribution >= 4 is 16.4 Å². The highest BCUT2D eigenvalue weighted by atomic mass is 32.3. The maximum absolute atomic E-state index is 11.5. The van der Waals surface area contributed by atoms with Crippen molar-refractivity contribution in [1.29, 1.82) is 0 Å². The quantitative estimate of drug-likeness (QED) is 0.0576. The van der Waals surface area contributed by atoms with Crippen molar-refractivity contribution < 1.29 is 56.2 Å². The van der Waals surface area contributed by atoms with Crippen molar-refractivity contribution in [3.63, 3.8) is 0 Å². The zero-order chi connectivity index (χ0) is 30.5. The van der Waals surface area contributed by atoms with Gasteiger partial charge in [0.05, 0.1) is 19.8 Å². The van der Waals surface area contributed by atoms with Gasteiger partial charge in [-0.15, -0.1) is 0 Å². The van der Waals surface area contributed by atoms with E-state index in [9.17, 15) is 28.5 Å². The van der Waals surface area contributed by atoms with Crippen molar-refractivity contribution in [3.05, 3.63) is 24.3 Å². The van der Waals surface area contributed by atoms with E-state index in [4.69, 9.17) is 23.5 Å². The highest BCUT2D eigenvalue weighted by Crippen LogP contribution is 2.25. The molecule has 1 aliphatic heterocycles. The average molecular weight is 611 g/mol. The summed E-state index contributed by atoms with van der Waals surface area (Å²) >= 11 is 0. The van der Waals surface area contributed by atoms with Crippen LogP contribution in [0.3, 0.4) is 0 Å². The van der Waals surface area contributed by atoms with E-state index in [1.807, 2.05) is 0 Å². The van der Waals surface area contributed by atoms with Crippen LogP contribution >= 0.6 is 0 Å². The number of aliphatic hydroxyl groups excluding tert-OH is 3. The Morgan fingerprint density at radius 1 is 0.927 bits per heavy atom. The zero-order valence-corrected chi connectivity index (χ0v) is 25.2. The van der Waals surface area contributed by atoms with E-state index in [2.05, 4.69) is 35.4 Å². The van der Waals surface area contributed by atoms with Crippen molar-refractivity contribution in [2.24, 2.45) is 0 Å². The second-order valence-electron chi connectivity index (χ2n) is 10.1. The fourth-order valence-electron chi connectivity index (χ4n) is 4.21. The van der Waals surface area contributed by atoms with Gasteiger partial charge in [-0.05, 0) is 32.1 Å². The van der Waals surface area contributed by atoms with Gasteiger partial charge in [-0.1, -0.05) is 69.8 Å². The van der Waals surface area contributed by atoms with Crippen LogP contribution in [0.4, 0.5) is 0 Å². The smallest absolute Gasteiger partial charge is 0.397 e. The molecule has 13 heteroatoms. The molecule has 0 aromatic rings. The molecule has 0 bridgehead atoms. The summed E-state index contributed by atoms with van der Waals surface area (Å²) in [6.07, 6.45) is 11.9. The lowest BCUT2D eigenvalue weighted by Gasteiger charge is -2.41. The molecule has 0 aromatic heterocycles. The third-order valence-corrected chi connectivity index (χ3v) is 6.84. The molecule has 1 rings (SSSR count). The van der Waals surface area contributed by atoms with Crippen LogP contribution in [0.15, 0.2) is 24.3 Å². The summed E-state index contributed by atoms with van der Waals surface area (Å²) < 4.78 is 57.0. The molecule has 6 atom stereocenters. The van der Waals surface area contributed by atoms with Crippen LogP contribution in [0.1, 0.15) is 84.5 Å². The van der Waals surface area contributed by atoms with Crippen molar-refractivity contribution in [1.82, 2.24) is 0 Å². The molecule has 41 heavy (non-hydrogen) atoms. The maximum Gasteiger partial charge on any atom is 0.397 e.